The van der Waals surface area contributed by atoms with Crippen LogP contribution >= 0.6 is 0 Å². The number of carbonyl (C=O) groups is 1. The summed E-state index contributed by atoms with van der Waals surface area (Å²) in [5.41, 5.74) is -0.0950. The summed E-state index contributed by atoms with van der Waals surface area (Å²) in [4.78, 5) is 17.2. The zero-order valence-corrected chi connectivity index (χ0v) is 14.5. The Morgan fingerprint density at radius 2 is 2.24 bits per heavy atom. The first-order valence-electron chi connectivity index (χ1n) is 9.05. The van der Waals surface area contributed by atoms with Crippen molar-refractivity contribution in [3.8, 4) is 0 Å². The standard InChI is InChI=1S/C17H24N6O2/c1-12-19-16(22-25-12)17(7-2-3-8-17)20-15(24)14-6-10-23(21-14)13-5-4-9-18-11-13/h6,10,13,18H,2-5,7-9,11H2,1H3,(H,20,24). The van der Waals surface area contributed by atoms with Crippen LogP contribution in [0.1, 0.15) is 66.8 Å². The molecule has 25 heavy (non-hydrogen) atoms. The zero-order chi connectivity index (χ0) is 17.3. The van der Waals surface area contributed by atoms with Gasteiger partial charge in [0, 0.05) is 19.7 Å². The minimum Gasteiger partial charge on any atom is -0.340 e. The molecule has 2 N–H and O–H groups in total. The van der Waals surface area contributed by atoms with E-state index in [9.17, 15) is 4.79 Å². The quantitative estimate of drug-likeness (QED) is 0.876. The summed E-state index contributed by atoms with van der Waals surface area (Å²) in [6, 6.07) is 2.10. The molecule has 2 aromatic rings. The van der Waals surface area contributed by atoms with Crippen LogP contribution in [0.15, 0.2) is 16.8 Å². The first-order chi connectivity index (χ1) is 12.2. The van der Waals surface area contributed by atoms with Crippen LogP contribution in [0.3, 0.4) is 0 Å². The van der Waals surface area contributed by atoms with Gasteiger partial charge >= 0.3 is 0 Å². The Balaban J connectivity index is 1.51. The summed E-state index contributed by atoms with van der Waals surface area (Å²) in [5, 5.41) is 15.1. The van der Waals surface area contributed by atoms with Crippen LogP contribution in [0, 0.1) is 6.92 Å². The van der Waals surface area contributed by atoms with Crippen LogP contribution in [0.2, 0.25) is 0 Å². The van der Waals surface area contributed by atoms with Crippen molar-refractivity contribution in [3.05, 3.63) is 29.7 Å². The first-order valence-corrected chi connectivity index (χ1v) is 9.05. The van der Waals surface area contributed by atoms with Crippen LogP contribution < -0.4 is 10.6 Å². The van der Waals surface area contributed by atoms with Gasteiger partial charge < -0.3 is 15.2 Å². The Morgan fingerprint density at radius 3 is 2.92 bits per heavy atom. The predicted octanol–water partition coefficient (Wildman–Crippen LogP) is 1.70. The molecule has 2 fully saturated rings. The van der Waals surface area contributed by atoms with Crippen molar-refractivity contribution in [1.29, 1.82) is 0 Å². The summed E-state index contributed by atoms with van der Waals surface area (Å²) in [5.74, 6) is 0.920. The third-order valence-corrected chi connectivity index (χ3v) is 5.25. The summed E-state index contributed by atoms with van der Waals surface area (Å²) >= 11 is 0. The molecule has 1 saturated carbocycles. The van der Waals surface area contributed by atoms with Gasteiger partial charge in [-0.05, 0) is 38.3 Å². The van der Waals surface area contributed by atoms with Gasteiger partial charge in [-0.3, -0.25) is 9.48 Å². The number of piperidine rings is 1. The highest BCUT2D eigenvalue weighted by atomic mass is 16.5. The van der Waals surface area contributed by atoms with E-state index in [0.717, 1.165) is 51.6 Å². The Hall–Kier alpha value is -2.22. The van der Waals surface area contributed by atoms with Gasteiger partial charge in [-0.15, -0.1) is 0 Å². The minimum atomic E-state index is -0.537. The molecule has 3 heterocycles. The molecule has 0 aromatic carbocycles. The SMILES string of the molecule is Cc1nc(C2(NC(=O)c3ccn(C4CCCNC4)n3)CCCC2)no1. The number of carbonyl (C=O) groups excluding carboxylic acids is 1. The fourth-order valence-corrected chi connectivity index (χ4v) is 3.88. The number of aromatic nitrogens is 4. The highest BCUT2D eigenvalue weighted by Gasteiger charge is 2.41. The van der Waals surface area contributed by atoms with Gasteiger partial charge in [0.25, 0.3) is 5.91 Å². The van der Waals surface area contributed by atoms with Crippen LogP contribution in [0.5, 0.6) is 0 Å². The molecule has 4 rings (SSSR count). The van der Waals surface area contributed by atoms with E-state index in [2.05, 4.69) is 25.9 Å². The highest BCUT2D eigenvalue weighted by Crippen LogP contribution is 2.37. The normalized spacial score (nSPS) is 22.8. The van der Waals surface area contributed by atoms with Crippen molar-refractivity contribution < 1.29 is 9.32 Å². The van der Waals surface area contributed by atoms with Crippen molar-refractivity contribution in [1.82, 2.24) is 30.6 Å². The van der Waals surface area contributed by atoms with Crippen molar-refractivity contribution in [2.24, 2.45) is 0 Å². The molecule has 8 nitrogen and oxygen atoms in total. The average molecular weight is 344 g/mol. The molecule has 2 aliphatic rings. The zero-order valence-electron chi connectivity index (χ0n) is 14.5. The number of hydrogen-bond donors (Lipinski definition) is 2. The minimum absolute atomic E-state index is 0.174. The van der Waals surface area contributed by atoms with E-state index in [1.54, 1.807) is 13.0 Å². The van der Waals surface area contributed by atoms with Gasteiger partial charge in [0.15, 0.2) is 5.82 Å². The first kappa shape index (κ1) is 16.3. The maximum absolute atomic E-state index is 12.8. The number of nitrogens with zero attached hydrogens (tertiary/aromatic N) is 4. The molecule has 0 radical (unpaired) electrons. The largest absolute Gasteiger partial charge is 0.340 e. The second-order valence-corrected chi connectivity index (χ2v) is 7.06. The summed E-state index contributed by atoms with van der Waals surface area (Å²) in [6.45, 7) is 3.72. The molecule has 134 valence electrons. The second-order valence-electron chi connectivity index (χ2n) is 7.06. The molecule has 1 unspecified atom stereocenters. The smallest absolute Gasteiger partial charge is 0.272 e. The van der Waals surface area contributed by atoms with Crippen LogP contribution in [0.25, 0.3) is 0 Å². The maximum Gasteiger partial charge on any atom is 0.272 e. The van der Waals surface area contributed by atoms with Gasteiger partial charge in [0.2, 0.25) is 5.89 Å². The average Bonchev–Trinajstić information content (AvgIpc) is 3.36. The maximum atomic E-state index is 12.8. The van der Waals surface area contributed by atoms with Crippen molar-refractivity contribution in [2.75, 3.05) is 13.1 Å². The van der Waals surface area contributed by atoms with Crippen LogP contribution in [0.4, 0.5) is 0 Å². The van der Waals surface area contributed by atoms with E-state index in [-0.39, 0.29) is 5.91 Å². The van der Waals surface area contributed by atoms with E-state index in [1.807, 2.05) is 10.9 Å². The molecule has 1 saturated heterocycles. The summed E-state index contributed by atoms with van der Waals surface area (Å²) in [7, 11) is 0. The summed E-state index contributed by atoms with van der Waals surface area (Å²) in [6.07, 6.45) is 7.84. The summed E-state index contributed by atoms with van der Waals surface area (Å²) < 4.78 is 7.04. The van der Waals surface area contributed by atoms with E-state index in [0.29, 0.717) is 23.5 Å². The van der Waals surface area contributed by atoms with E-state index >= 15 is 0 Å². The van der Waals surface area contributed by atoms with Gasteiger partial charge in [-0.1, -0.05) is 18.0 Å². The molecule has 1 amide bonds. The highest BCUT2D eigenvalue weighted by molar-refractivity contribution is 5.92. The van der Waals surface area contributed by atoms with Gasteiger partial charge in [0.1, 0.15) is 11.2 Å². The lowest BCUT2D eigenvalue weighted by atomic mass is 9.96. The molecule has 1 atom stereocenters. The lowest BCUT2D eigenvalue weighted by Gasteiger charge is -2.26. The Morgan fingerprint density at radius 1 is 1.40 bits per heavy atom. The third-order valence-electron chi connectivity index (χ3n) is 5.25. The van der Waals surface area contributed by atoms with Gasteiger partial charge in [-0.25, -0.2) is 0 Å². The molecule has 1 aliphatic carbocycles. The van der Waals surface area contributed by atoms with Gasteiger partial charge in [-0.2, -0.15) is 10.1 Å². The molecule has 0 spiro atoms. The number of amides is 1. The number of rotatable bonds is 4. The van der Waals surface area contributed by atoms with Crippen molar-refractivity contribution in [2.45, 2.75) is 57.0 Å². The van der Waals surface area contributed by atoms with E-state index in [1.165, 1.54) is 0 Å². The second kappa shape index (κ2) is 6.59. The number of aryl methyl sites for hydroxylation is 1. The Bertz CT molecular complexity index is 740. The van der Waals surface area contributed by atoms with Crippen LogP contribution in [-0.2, 0) is 5.54 Å². The molecule has 0 bridgehead atoms. The third kappa shape index (κ3) is 3.18. The van der Waals surface area contributed by atoms with Crippen LogP contribution in [-0.4, -0.2) is 38.9 Å². The molecule has 8 heteroatoms. The molecule has 1 aliphatic heterocycles. The van der Waals surface area contributed by atoms with E-state index in [4.69, 9.17) is 4.52 Å². The van der Waals surface area contributed by atoms with Crippen molar-refractivity contribution in [3.63, 3.8) is 0 Å². The number of hydrogen-bond acceptors (Lipinski definition) is 6. The fraction of sp³-hybridized carbons (Fsp3) is 0.647. The topological polar surface area (TPSA) is 97.9 Å². The van der Waals surface area contributed by atoms with Gasteiger partial charge in [0.05, 0.1) is 6.04 Å². The monoisotopic (exact) mass is 344 g/mol. The van der Waals surface area contributed by atoms with Crippen molar-refractivity contribution >= 4 is 5.91 Å². The Labute approximate surface area is 146 Å². The Kier molecular flexibility index (Phi) is 4.29. The molecular weight excluding hydrogens is 320 g/mol. The predicted molar refractivity (Wildman–Crippen MR) is 90.0 cm³/mol. The van der Waals surface area contributed by atoms with E-state index < -0.39 is 5.54 Å². The molecule has 2 aromatic heterocycles. The molecular formula is C17H24N6O2. The lowest BCUT2D eigenvalue weighted by Crippen LogP contribution is -2.45. The lowest BCUT2D eigenvalue weighted by molar-refractivity contribution is 0.0885. The fourth-order valence-electron chi connectivity index (χ4n) is 3.88. The number of nitrogens with one attached hydrogen (secondary N) is 2.